The molecule has 1 aliphatic carbocycles. The van der Waals surface area contributed by atoms with Crippen molar-refractivity contribution < 1.29 is 15.0 Å². The minimum atomic E-state index is -0.324. The molecule has 0 radical (unpaired) electrons. The van der Waals surface area contributed by atoms with Crippen molar-refractivity contribution in [2.45, 2.75) is 44.8 Å². The summed E-state index contributed by atoms with van der Waals surface area (Å²) >= 11 is 0. The highest BCUT2D eigenvalue weighted by Crippen LogP contribution is 2.27. The van der Waals surface area contributed by atoms with Crippen LogP contribution < -0.4 is 0 Å². The van der Waals surface area contributed by atoms with Gasteiger partial charge in [-0.05, 0) is 36.5 Å². The van der Waals surface area contributed by atoms with Gasteiger partial charge in [-0.2, -0.15) is 0 Å². The molecule has 0 bridgehead atoms. The van der Waals surface area contributed by atoms with Gasteiger partial charge in [-0.15, -0.1) is 0 Å². The summed E-state index contributed by atoms with van der Waals surface area (Å²) in [4.78, 5) is 13.9. The van der Waals surface area contributed by atoms with E-state index in [1.165, 1.54) is 0 Å². The second-order valence-electron chi connectivity index (χ2n) is 5.73. The zero-order valence-corrected chi connectivity index (χ0v) is 12.0. The van der Waals surface area contributed by atoms with Gasteiger partial charge in [0, 0.05) is 20.0 Å². The number of amides is 1. The van der Waals surface area contributed by atoms with Crippen LogP contribution in [0.5, 0.6) is 5.75 Å². The molecule has 0 saturated heterocycles. The first-order valence-corrected chi connectivity index (χ1v) is 7.26. The van der Waals surface area contributed by atoms with E-state index in [2.05, 4.69) is 0 Å². The Bertz CT molecular complexity index is 444. The van der Waals surface area contributed by atoms with Crippen molar-refractivity contribution in [3.05, 3.63) is 29.8 Å². The molecule has 110 valence electrons. The van der Waals surface area contributed by atoms with Crippen molar-refractivity contribution in [3.8, 4) is 5.75 Å². The monoisotopic (exact) mass is 277 g/mol. The smallest absolute Gasteiger partial charge is 0.222 e. The molecular formula is C16H23NO3. The van der Waals surface area contributed by atoms with Crippen molar-refractivity contribution >= 4 is 5.91 Å². The molecule has 1 aliphatic rings. The molecule has 2 atom stereocenters. The maximum Gasteiger partial charge on any atom is 0.222 e. The largest absolute Gasteiger partial charge is 0.508 e. The molecule has 4 heteroatoms. The summed E-state index contributed by atoms with van der Waals surface area (Å²) in [5.74, 6) is 0.413. The number of aliphatic hydroxyl groups is 1. The molecule has 1 amide bonds. The minimum absolute atomic E-state index is 0.0732. The molecule has 20 heavy (non-hydrogen) atoms. The molecule has 1 fully saturated rings. The third-order valence-electron chi connectivity index (χ3n) is 4.09. The Kier molecular flexibility index (Phi) is 5.01. The highest BCUT2D eigenvalue weighted by atomic mass is 16.3. The van der Waals surface area contributed by atoms with Gasteiger partial charge in [-0.25, -0.2) is 0 Å². The van der Waals surface area contributed by atoms with E-state index in [0.717, 1.165) is 31.2 Å². The number of phenolic OH excluding ortho intramolecular Hbond substituents is 1. The van der Waals surface area contributed by atoms with E-state index in [1.54, 1.807) is 24.1 Å². The van der Waals surface area contributed by atoms with Crippen molar-refractivity contribution in [1.82, 2.24) is 4.90 Å². The second kappa shape index (κ2) is 6.75. The summed E-state index contributed by atoms with van der Waals surface area (Å²) in [6.07, 6.45) is 4.04. The van der Waals surface area contributed by atoms with Crippen LogP contribution in [-0.4, -0.2) is 34.2 Å². The van der Waals surface area contributed by atoms with Crippen molar-refractivity contribution in [3.63, 3.8) is 0 Å². The molecule has 2 rings (SSSR count). The fourth-order valence-electron chi connectivity index (χ4n) is 2.77. The Hall–Kier alpha value is -1.55. The van der Waals surface area contributed by atoms with Crippen LogP contribution in [0, 0.1) is 5.92 Å². The lowest BCUT2D eigenvalue weighted by Crippen LogP contribution is -2.33. The first-order valence-electron chi connectivity index (χ1n) is 7.26. The zero-order valence-electron chi connectivity index (χ0n) is 12.0. The average molecular weight is 277 g/mol. The predicted octanol–water partition coefficient (Wildman–Crippen LogP) is 2.29. The van der Waals surface area contributed by atoms with E-state index in [4.69, 9.17) is 0 Å². The lowest BCUT2D eigenvalue weighted by molar-refractivity contribution is -0.132. The SMILES string of the molecule is CN(Cc1ccc(O)cc1)C(=O)C[C@@H]1CCCC[C@H]1O. The second-order valence-corrected chi connectivity index (χ2v) is 5.73. The van der Waals surface area contributed by atoms with E-state index in [9.17, 15) is 15.0 Å². The lowest BCUT2D eigenvalue weighted by Gasteiger charge is -2.28. The molecule has 0 aromatic heterocycles. The Morgan fingerprint density at radius 2 is 1.90 bits per heavy atom. The zero-order chi connectivity index (χ0) is 14.5. The number of hydrogen-bond donors (Lipinski definition) is 2. The highest BCUT2D eigenvalue weighted by molar-refractivity contribution is 5.76. The summed E-state index contributed by atoms with van der Waals surface area (Å²) in [6.45, 7) is 0.530. The molecule has 0 heterocycles. The van der Waals surface area contributed by atoms with Crippen molar-refractivity contribution in [2.24, 2.45) is 5.92 Å². The fourth-order valence-corrected chi connectivity index (χ4v) is 2.77. The predicted molar refractivity (Wildman–Crippen MR) is 77.2 cm³/mol. The maximum atomic E-state index is 12.2. The van der Waals surface area contributed by atoms with Gasteiger partial charge in [-0.1, -0.05) is 25.0 Å². The average Bonchev–Trinajstić information content (AvgIpc) is 2.44. The quantitative estimate of drug-likeness (QED) is 0.887. The van der Waals surface area contributed by atoms with Crippen LogP contribution in [0.3, 0.4) is 0 Å². The third kappa shape index (κ3) is 3.97. The number of carbonyl (C=O) groups is 1. The molecule has 0 spiro atoms. The number of carbonyl (C=O) groups excluding carboxylic acids is 1. The first-order chi connectivity index (χ1) is 9.56. The summed E-state index contributed by atoms with van der Waals surface area (Å²) in [7, 11) is 1.78. The summed E-state index contributed by atoms with van der Waals surface area (Å²) in [5.41, 5.74) is 0.989. The van der Waals surface area contributed by atoms with E-state index in [1.807, 2.05) is 12.1 Å². The molecule has 0 unspecified atom stereocenters. The topological polar surface area (TPSA) is 60.8 Å². The number of rotatable bonds is 4. The number of hydrogen-bond acceptors (Lipinski definition) is 3. The van der Waals surface area contributed by atoms with Crippen LogP contribution in [-0.2, 0) is 11.3 Å². The molecule has 1 aromatic rings. The van der Waals surface area contributed by atoms with Crippen molar-refractivity contribution in [1.29, 1.82) is 0 Å². The summed E-state index contributed by atoms with van der Waals surface area (Å²) < 4.78 is 0. The number of benzene rings is 1. The van der Waals surface area contributed by atoms with Gasteiger partial charge in [0.15, 0.2) is 0 Å². The normalized spacial score (nSPS) is 22.5. The Morgan fingerprint density at radius 1 is 1.25 bits per heavy atom. The Morgan fingerprint density at radius 3 is 2.55 bits per heavy atom. The fraction of sp³-hybridized carbons (Fsp3) is 0.562. The van der Waals surface area contributed by atoms with Crippen LogP contribution in [0.2, 0.25) is 0 Å². The molecule has 4 nitrogen and oxygen atoms in total. The third-order valence-corrected chi connectivity index (χ3v) is 4.09. The molecular weight excluding hydrogens is 254 g/mol. The number of aromatic hydroxyl groups is 1. The van der Waals surface area contributed by atoms with E-state index >= 15 is 0 Å². The van der Waals surface area contributed by atoms with Crippen LogP contribution >= 0.6 is 0 Å². The number of phenols is 1. The van der Waals surface area contributed by atoms with E-state index in [0.29, 0.717) is 13.0 Å². The van der Waals surface area contributed by atoms with Gasteiger partial charge in [0.05, 0.1) is 6.10 Å². The Balaban J connectivity index is 1.86. The van der Waals surface area contributed by atoms with Crippen LogP contribution in [0.4, 0.5) is 0 Å². The van der Waals surface area contributed by atoms with Gasteiger partial charge in [-0.3, -0.25) is 4.79 Å². The van der Waals surface area contributed by atoms with E-state index in [-0.39, 0.29) is 23.7 Å². The van der Waals surface area contributed by atoms with Gasteiger partial charge in [0.25, 0.3) is 0 Å². The summed E-state index contributed by atoms with van der Waals surface area (Å²) in [5, 5.41) is 19.2. The molecule has 2 N–H and O–H groups in total. The van der Waals surface area contributed by atoms with E-state index < -0.39 is 0 Å². The van der Waals surface area contributed by atoms with Gasteiger partial charge >= 0.3 is 0 Å². The van der Waals surface area contributed by atoms with Gasteiger partial charge < -0.3 is 15.1 Å². The highest BCUT2D eigenvalue weighted by Gasteiger charge is 2.26. The minimum Gasteiger partial charge on any atom is -0.508 e. The number of aliphatic hydroxyl groups excluding tert-OH is 1. The van der Waals surface area contributed by atoms with Crippen molar-refractivity contribution in [2.75, 3.05) is 7.05 Å². The standard InChI is InChI=1S/C16H23NO3/c1-17(11-12-6-8-14(18)9-7-12)16(20)10-13-4-2-3-5-15(13)19/h6-9,13,15,18-19H,2-5,10-11H2,1H3/t13-,15+/m0/s1. The van der Waals surface area contributed by atoms with Crippen LogP contribution in [0.1, 0.15) is 37.7 Å². The molecule has 1 aromatic carbocycles. The Labute approximate surface area is 120 Å². The van der Waals surface area contributed by atoms with Crippen LogP contribution in [0.25, 0.3) is 0 Å². The van der Waals surface area contributed by atoms with Gasteiger partial charge in [0.2, 0.25) is 5.91 Å². The van der Waals surface area contributed by atoms with Crippen LogP contribution in [0.15, 0.2) is 24.3 Å². The molecule has 1 saturated carbocycles. The first kappa shape index (κ1) is 14.9. The number of nitrogens with zero attached hydrogens (tertiary/aromatic N) is 1. The van der Waals surface area contributed by atoms with Gasteiger partial charge in [0.1, 0.15) is 5.75 Å². The molecule has 0 aliphatic heterocycles. The maximum absolute atomic E-state index is 12.2. The lowest BCUT2D eigenvalue weighted by atomic mass is 9.84. The summed E-state index contributed by atoms with van der Waals surface area (Å²) in [6, 6.07) is 6.88.